The molecule has 0 unspecified atom stereocenters. The monoisotopic (exact) mass is 413 g/mol. The number of benzene rings is 3. The molecule has 0 atom stereocenters. The Hall–Kier alpha value is -3.93. The van der Waals surface area contributed by atoms with Crippen LogP contribution in [0.15, 0.2) is 82.7 Å². The van der Waals surface area contributed by atoms with Crippen molar-refractivity contribution in [2.45, 2.75) is 13.3 Å². The fraction of sp³-hybridized carbons (Fsp3) is 0.160. The molecule has 6 heteroatoms. The molecule has 0 radical (unpaired) electrons. The average Bonchev–Trinajstić information content (AvgIpc) is 2.80. The van der Waals surface area contributed by atoms with E-state index in [1.165, 1.54) is 4.68 Å². The van der Waals surface area contributed by atoms with Gasteiger partial charge < -0.3 is 9.47 Å². The Balaban J connectivity index is 1.78. The molecule has 0 aliphatic heterocycles. The molecular formula is C25H23N3O3. The van der Waals surface area contributed by atoms with Crippen molar-refractivity contribution in [2.75, 3.05) is 13.7 Å². The quantitative estimate of drug-likeness (QED) is 0.424. The smallest absolute Gasteiger partial charge is 0.282 e. The van der Waals surface area contributed by atoms with Crippen molar-refractivity contribution in [3.05, 3.63) is 100 Å². The minimum Gasteiger partial charge on any atom is -0.493 e. The van der Waals surface area contributed by atoms with E-state index in [-0.39, 0.29) is 5.56 Å². The summed E-state index contributed by atoms with van der Waals surface area (Å²) in [5, 5.41) is 5.02. The van der Waals surface area contributed by atoms with Gasteiger partial charge in [0.05, 0.1) is 30.8 Å². The lowest BCUT2D eigenvalue weighted by Gasteiger charge is -2.11. The molecule has 4 aromatic rings. The van der Waals surface area contributed by atoms with Crippen molar-refractivity contribution in [3.63, 3.8) is 0 Å². The summed E-state index contributed by atoms with van der Waals surface area (Å²) in [4.78, 5) is 17.9. The van der Waals surface area contributed by atoms with Gasteiger partial charge in [-0.05, 0) is 48.4 Å². The molecule has 31 heavy (non-hydrogen) atoms. The largest absolute Gasteiger partial charge is 0.493 e. The molecule has 1 aromatic heterocycles. The number of hydrogen-bond donors (Lipinski definition) is 0. The molecule has 0 fully saturated rings. The van der Waals surface area contributed by atoms with Gasteiger partial charge in [-0.25, -0.2) is 4.98 Å². The second-order valence-electron chi connectivity index (χ2n) is 6.91. The fourth-order valence-corrected chi connectivity index (χ4v) is 3.35. The molecule has 156 valence electrons. The molecule has 0 saturated heterocycles. The van der Waals surface area contributed by atoms with Crippen LogP contribution in [0.3, 0.4) is 0 Å². The van der Waals surface area contributed by atoms with Crippen LogP contribution in [-0.4, -0.2) is 29.6 Å². The van der Waals surface area contributed by atoms with Crippen LogP contribution in [0.2, 0.25) is 0 Å². The minimum atomic E-state index is -0.203. The first-order valence-corrected chi connectivity index (χ1v) is 10.1. The second-order valence-corrected chi connectivity index (χ2v) is 6.91. The lowest BCUT2D eigenvalue weighted by atomic mass is 10.1. The Morgan fingerprint density at radius 3 is 2.55 bits per heavy atom. The van der Waals surface area contributed by atoms with Gasteiger partial charge >= 0.3 is 0 Å². The Bertz CT molecular complexity index is 1280. The summed E-state index contributed by atoms with van der Waals surface area (Å²) in [6, 6.07) is 22.7. The number of rotatable bonds is 7. The zero-order valence-electron chi connectivity index (χ0n) is 17.5. The summed E-state index contributed by atoms with van der Waals surface area (Å²) < 4.78 is 12.3. The lowest BCUT2D eigenvalue weighted by molar-refractivity contribution is 0.311. The maximum absolute atomic E-state index is 13.2. The van der Waals surface area contributed by atoms with Crippen molar-refractivity contribution in [1.29, 1.82) is 0 Å². The van der Waals surface area contributed by atoms with Crippen molar-refractivity contribution in [2.24, 2.45) is 5.10 Å². The number of hydrogen-bond acceptors (Lipinski definition) is 5. The van der Waals surface area contributed by atoms with Crippen LogP contribution >= 0.6 is 0 Å². The molecule has 3 aromatic carbocycles. The molecule has 0 N–H and O–H groups in total. The highest BCUT2D eigenvalue weighted by Crippen LogP contribution is 2.27. The zero-order valence-corrected chi connectivity index (χ0v) is 17.5. The van der Waals surface area contributed by atoms with Crippen LogP contribution in [0.4, 0.5) is 0 Å². The number of nitrogens with zero attached hydrogens (tertiary/aromatic N) is 3. The molecule has 4 rings (SSSR count). The highest BCUT2D eigenvalue weighted by Gasteiger charge is 2.11. The number of fused-ring (bicyclic) bond motifs is 1. The van der Waals surface area contributed by atoms with E-state index in [0.29, 0.717) is 41.3 Å². The molecule has 1 heterocycles. The highest BCUT2D eigenvalue weighted by atomic mass is 16.5. The maximum Gasteiger partial charge on any atom is 0.282 e. The maximum atomic E-state index is 13.2. The Morgan fingerprint density at radius 1 is 1.00 bits per heavy atom. The van der Waals surface area contributed by atoms with Gasteiger partial charge in [-0.15, -0.1) is 0 Å². The van der Waals surface area contributed by atoms with E-state index in [4.69, 9.17) is 14.5 Å². The van der Waals surface area contributed by atoms with E-state index in [1.54, 1.807) is 19.4 Å². The third-order valence-corrected chi connectivity index (χ3v) is 4.84. The number of aromatic nitrogens is 2. The van der Waals surface area contributed by atoms with Gasteiger partial charge in [-0.3, -0.25) is 4.79 Å². The molecule has 0 amide bonds. The van der Waals surface area contributed by atoms with E-state index < -0.39 is 0 Å². The minimum absolute atomic E-state index is 0.203. The highest BCUT2D eigenvalue weighted by molar-refractivity contribution is 5.81. The summed E-state index contributed by atoms with van der Waals surface area (Å²) in [7, 11) is 1.59. The molecule has 0 saturated carbocycles. The van der Waals surface area contributed by atoms with E-state index in [2.05, 4.69) is 5.10 Å². The van der Waals surface area contributed by atoms with Gasteiger partial charge in [-0.1, -0.05) is 42.5 Å². The summed E-state index contributed by atoms with van der Waals surface area (Å²) in [6.45, 7) is 2.47. The van der Waals surface area contributed by atoms with Gasteiger partial charge in [0, 0.05) is 6.42 Å². The van der Waals surface area contributed by atoms with Crippen molar-refractivity contribution in [1.82, 2.24) is 9.66 Å². The average molecular weight is 413 g/mol. The van der Waals surface area contributed by atoms with Crippen LogP contribution in [0, 0.1) is 0 Å². The fourth-order valence-electron chi connectivity index (χ4n) is 3.35. The Kier molecular flexibility index (Phi) is 6.08. The van der Waals surface area contributed by atoms with Gasteiger partial charge in [0.1, 0.15) is 5.82 Å². The van der Waals surface area contributed by atoms with Crippen LogP contribution in [0.1, 0.15) is 23.9 Å². The first-order chi connectivity index (χ1) is 15.2. The number of para-hydroxylation sites is 1. The number of ether oxygens (including phenoxy) is 2. The SMILES string of the molecule is CCOc1ccc(/C=N/n2c(Cc3ccccc3)nc3ccccc3c2=O)cc1OC. The summed E-state index contributed by atoms with van der Waals surface area (Å²) >= 11 is 0. The standard InChI is InChI=1S/C25H23N3O3/c1-3-31-22-14-13-19(15-23(22)30-2)17-26-28-24(16-18-9-5-4-6-10-18)27-21-12-8-7-11-20(21)25(28)29/h4-15,17H,3,16H2,1-2H3/b26-17+. The third-order valence-electron chi connectivity index (χ3n) is 4.84. The molecule has 0 aliphatic rings. The predicted octanol–water partition coefficient (Wildman–Crippen LogP) is 4.28. The van der Waals surface area contributed by atoms with Gasteiger partial charge in [0.15, 0.2) is 11.5 Å². The summed E-state index contributed by atoms with van der Waals surface area (Å²) in [5.74, 6) is 1.85. The van der Waals surface area contributed by atoms with E-state index in [1.807, 2.05) is 73.7 Å². The van der Waals surface area contributed by atoms with Crippen molar-refractivity contribution >= 4 is 17.1 Å². The summed E-state index contributed by atoms with van der Waals surface area (Å²) in [6.07, 6.45) is 2.12. The molecule has 0 spiro atoms. The van der Waals surface area contributed by atoms with Crippen molar-refractivity contribution < 1.29 is 9.47 Å². The van der Waals surface area contributed by atoms with Gasteiger partial charge in [-0.2, -0.15) is 9.78 Å². The van der Waals surface area contributed by atoms with E-state index >= 15 is 0 Å². The first-order valence-electron chi connectivity index (χ1n) is 10.1. The third kappa shape index (κ3) is 4.48. The predicted molar refractivity (Wildman–Crippen MR) is 122 cm³/mol. The van der Waals surface area contributed by atoms with Crippen LogP contribution in [0.25, 0.3) is 10.9 Å². The van der Waals surface area contributed by atoms with Crippen molar-refractivity contribution in [3.8, 4) is 11.5 Å². The van der Waals surface area contributed by atoms with Crippen LogP contribution in [0.5, 0.6) is 11.5 Å². The first kappa shape index (κ1) is 20.3. The van der Waals surface area contributed by atoms with Crippen LogP contribution < -0.4 is 15.0 Å². The number of methoxy groups -OCH3 is 1. The van der Waals surface area contributed by atoms with E-state index in [0.717, 1.165) is 11.1 Å². The van der Waals surface area contributed by atoms with Crippen LogP contribution in [-0.2, 0) is 6.42 Å². The molecule has 0 bridgehead atoms. The summed E-state index contributed by atoms with van der Waals surface area (Å²) in [5.41, 5.74) is 2.29. The van der Waals surface area contributed by atoms with E-state index in [9.17, 15) is 4.79 Å². The topological polar surface area (TPSA) is 65.7 Å². The normalized spacial score (nSPS) is 11.2. The van der Waals surface area contributed by atoms with Gasteiger partial charge in [0.25, 0.3) is 5.56 Å². The zero-order chi connectivity index (χ0) is 21.6. The van der Waals surface area contributed by atoms with Gasteiger partial charge in [0.2, 0.25) is 0 Å². The Labute approximate surface area is 180 Å². The molecular weight excluding hydrogens is 390 g/mol. The second kappa shape index (κ2) is 9.26. The lowest BCUT2D eigenvalue weighted by Crippen LogP contribution is -2.22. The molecule has 6 nitrogen and oxygen atoms in total. The molecule has 0 aliphatic carbocycles. The Morgan fingerprint density at radius 2 is 1.77 bits per heavy atom.